The summed E-state index contributed by atoms with van der Waals surface area (Å²) < 4.78 is 9.05. The van der Waals surface area contributed by atoms with Gasteiger partial charge in [-0.1, -0.05) is 97.1 Å². The molecule has 0 atom stereocenters. The predicted octanol–water partition coefficient (Wildman–Crippen LogP) is 10.9. The molecule has 6 aromatic carbocycles. The molecule has 0 aliphatic rings. The Labute approximate surface area is 245 Å². The number of nitrogens with zero attached hydrogens (tertiary/aromatic N) is 2. The lowest BCUT2D eigenvalue weighted by Crippen LogP contribution is -1.88. The van der Waals surface area contributed by atoms with Gasteiger partial charge in [0.05, 0.1) is 0 Å². The molecule has 0 amide bonds. The molecule has 3 heterocycles. The maximum atomic E-state index is 6.41. The van der Waals surface area contributed by atoms with Crippen LogP contribution in [-0.2, 0) is 0 Å². The summed E-state index contributed by atoms with van der Waals surface area (Å²) >= 11 is 1.86. The maximum absolute atomic E-state index is 6.41. The quantitative estimate of drug-likeness (QED) is 0.218. The van der Waals surface area contributed by atoms with Gasteiger partial charge in [-0.2, -0.15) is 0 Å². The van der Waals surface area contributed by atoms with E-state index in [0.717, 1.165) is 44.3 Å². The monoisotopic (exact) mass is 554 g/mol. The normalized spacial score (nSPS) is 11.8. The third-order valence-electron chi connectivity index (χ3n) is 8.17. The van der Waals surface area contributed by atoms with Crippen LogP contribution in [0.3, 0.4) is 0 Å². The van der Waals surface area contributed by atoms with E-state index in [1.54, 1.807) is 6.33 Å². The summed E-state index contributed by atoms with van der Waals surface area (Å²) in [6, 6.07) is 45.2. The summed E-state index contributed by atoms with van der Waals surface area (Å²) in [7, 11) is 0. The van der Waals surface area contributed by atoms with Crippen molar-refractivity contribution in [2.75, 3.05) is 0 Å². The minimum Gasteiger partial charge on any atom is -0.452 e. The number of hydrogen-bond acceptors (Lipinski definition) is 4. The van der Waals surface area contributed by atoms with Crippen molar-refractivity contribution in [2.24, 2.45) is 0 Å². The molecule has 0 saturated carbocycles. The molecule has 9 rings (SSSR count). The van der Waals surface area contributed by atoms with Crippen molar-refractivity contribution < 1.29 is 4.42 Å². The first-order valence-electron chi connectivity index (χ1n) is 14.0. The minimum atomic E-state index is 0.713. The van der Waals surface area contributed by atoms with Crippen molar-refractivity contribution in [1.82, 2.24) is 9.97 Å². The number of hydrogen-bond donors (Lipinski definition) is 0. The Morgan fingerprint density at radius 1 is 0.524 bits per heavy atom. The molecule has 3 aromatic heterocycles. The SMILES string of the molecule is c1cc(-c2cccc(-c3cccc4c3sc3ccccc34)c2)cc(-c2ncnc3c2oc2cc4ccccc4cc23)c1. The van der Waals surface area contributed by atoms with Crippen LogP contribution in [0.15, 0.2) is 138 Å². The molecule has 0 radical (unpaired) electrons. The molecule has 0 aliphatic heterocycles. The Hall–Kier alpha value is -5.32. The molecule has 0 unspecified atom stereocenters. The second-order valence-electron chi connectivity index (χ2n) is 10.6. The van der Waals surface area contributed by atoms with E-state index in [9.17, 15) is 0 Å². The largest absolute Gasteiger partial charge is 0.452 e. The van der Waals surface area contributed by atoms with Crippen molar-refractivity contribution in [2.45, 2.75) is 0 Å². The molecule has 42 heavy (non-hydrogen) atoms. The molecule has 0 spiro atoms. The van der Waals surface area contributed by atoms with Crippen molar-refractivity contribution in [3.05, 3.63) is 134 Å². The highest BCUT2D eigenvalue weighted by molar-refractivity contribution is 7.26. The molecule has 0 saturated heterocycles. The maximum Gasteiger partial charge on any atom is 0.180 e. The summed E-state index contributed by atoms with van der Waals surface area (Å²) in [5, 5.41) is 5.95. The Bertz CT molecular complexity index is 2490. The predicted molar refractivity (Wildman–Crippen MR) is 176 cm³/mol. The van der Waals surface area contributed by atoms with E-state index in [1.807, 2.05) is 17.4 Å². The first-order chi connectivity index (χ1) is 20.8. The lowest BCUT2D eigenvalue weighted by atomic mass is 9.96. The number of furan rings is 1. The van der Waals surface area contributed by atoms with E-state index in [0.29, 0.717) is 5.58 Å². The molecular weight excluding hydrogens is 532 g/mol. The van der Waals surface area contributed by atoms with E-state index in [2.05, 4.69) is 126 Å². The zero-order valence-corrected chi connectivity index (χ0v) is 23.2. The average Bonchev–Trinajstić information content (AvgIpc) is 3.62. The van der Waals surface area contributed by atoms with E-state index >= 15 is 0 Å². The van der Waals surface area contributed by atoms with Gasteiger partial charge in [0.25, 0.3) is 0 Å². The summed E-state index contributed by atoms with van der Waals surface area (Å²) in [6.45, 7) is 0. The number of thiophene rings is 1. The van der Waals surface area contributed by atoms with Crippen LogP contribution in [0.1, 0.15) is 0 Å². The summed E-state index contributed by atoms with van der Waals surface area (Å²) in [5.41, 5.74) is 8.94. The van der Waals surface area contributed by atoms with E-state index in [-0.39, 0.29) is 0 Å². The van der Waals surface area contributed by atoms with Crippen LogP contribution in [0, 0.1) is 0 Å². The average molecular weight is 555 g/mol. The van der Waals surface area contributed by atoms with E-state index in [1.165, 1.54) is 36.7 Å². The molecule has 0 bridgehead atoms. The summed E-state index contributed by atoms with van der Waals surface area (Å²) in [5.74, 6) is 0. The van der Waals surface area contributed by atoms with Crippen molar-refractivity contribution in [1.29, 1.82) is 0 Å². The van der Waals surface area contributed by atoms with Gasteiger partial charge in [0, 0.05) is 31.1 Å². The Morgan fingerprint density at radius 3 is 2.10 bits per heavy atom. The van der Waals surface area contributed by atoms with E-state index in [4.69, 9.17) is 9.40 Å². The zero-order chi connectivity index (χ0) is 27.6. The molecule has 196 valence electrons. The lowest BCUT2D eigenvalue weighted by Gasteiger charge is -2.09. The first-order valence-corrected chi connectivity index (χ1v) is 14.8. The molecule has 0 fully saturated rings. The van der Waals surface area contributed by atoms with Gasteiger partial charge in [-0.15, -0.1) is 11.3 Å². The van der Waals surface area contributed by atoms with Crippen molar-refractivity contribution in [3.8, 4) is 33.5 Å². The number of benzene rings is 6. The molecule has 0 aliphatic carbocycles. The van der Waals surface area contributed by atoms with Crippen LogP contribution in [0.5, 0.6) is 0 Å². The van der Waals surface area contributed by atoms with Gasteiger partial charge in [-0.25, -0.2) is 9.97 Å². The fraction of sp³-hybridized carbons (Fsp3) is 0. The third-order valence-corrected chi connectivity index (χ3v) is 9.39. The van der Waals surface area contributed by atoms with Crippen LogP contribution in [0.2, 0.25) is 0 Å². The van der Waals surface area contributed by atoms with Gasteiger partial charge in [0.15, 0.2) is 5.58 Å². The molecular formula is C38H22N2OS. The minimum absolute atomic E-state index is 0.713. The van der Waals surface area contributed by atoms with E-state index < -0.39 is 0 Å². The van der Waals surface area contributed by atoms with Gasteiger partial charge in [-0.05, 0) is 63.4 Å². The fourth-order valence-electron chi connectivity index (χ4n) is 6.15. The number of rotatable bonds is 3. The molecule has 0 N–H and O–H groups in total. The molecule has 3 nitrogen and oxygen atoms in total. The highest BCUT2D eigenvalue weighted by Crippen LogP contribution is 2.41. The Kier molecular flexibility index (Phi) is 5.07. The summed E-state index contributed by atoms with van der Waals surface area (Å²) in [6.07, 6.45) is 1.64. The Balaban J connectivity index is 1.17. The third kappa shape index (κ3) is 3.59. The lowest BCUT2D eigenvalue weighted by molar-refractivity contribution is 0.667. The van der Waals surface area contributed by atoms with Gasteiger partial charge >= 0.3 is 0 Å². The number of aromatic nitrogens is 2. The van der Waals surface area contributed by atoms with Crippen LogP contribution >= 0.6 is 11.3 Å². The van der Waals surface area contributed by atoms with Crippen molar-refractivity contribution >= 4 is 64.4 Å². The summed E-state index contributed by atoms with van der Waals surface area (Å²) in [4.78, 5) is 9.32. The van der Waals surface area contributed by atoms with Crippen molar-refractivity contribution in [3.63, 3.8) is 0 Å². The highest BCUT2D eigenvalue weighted by atomic mass is 32.1. The highest BCUT2D eigenvalue weighted by Gasteiger charge is 2.16. The molecule has 4 heteroatoms. The zero-order valence-electron chi connectivity index (χ0n) is 22.4. The van der Waals surface area contributed by atoms with Gasteiger partial charge < -0.3 is 4.42 Å². The second-order valence-corrected chi connectivity index (χ2v) is 11.7. The fourth-order valence-corrected chi connectivity index (χ4v) is 7.39. The second kappa shape index (κ2) is 9.10. The Morgan fingerprint density at radius 2 is 1.21 bits per heavy atom. The first kappa shape index (κ1) is 23.4. The van der Waals surface area contributed by atoms with Gasteiger partial charge in [-0.3, -0.25) is 0 Å². The molecule has 9 aromatic rings. The van der Waals surface area contributed by atoms with Gasteiger partial charge in [0.1, 0.15) is 23.1 Å². The van der Waals surface area contributed by atoms with Crippen LogP contribution in [0.4, 0.5) is 0 Å². The van der Waals surface area contributed by atoms with Crippen LogP contribution in [0.25, 0.3) is 86.5 Å². The van der Waals surface area contributed by atoms with Gasteiger partial charge in [0.2, 0.25) is 0 Å². The smallest absolute Gasteiger partial charge is 0.180 e. The number of fused-ring (bicyclic) bond motifs is 7. The standard InChI is InChI=1S/C38H22N2OS/c1-2-9-26-21-33-32(20-25(26)8-1)36-37(41-33)35(39-22-40-36)28-13-6-11-24(19-28)23-10-5-12-27(18-23)29-15-7-16-31-30-14-3-4-17-34(30)42-38(29)31/h1-22H. The van der Waals surface area contributed by atoms with Crippen LogP contribution < -0.4 is 0 Å². The topological polar surface area (TPSA) is 38.9 Å². The van der Waals surface area contributed by atoms with Crippen LogP contribution in [-0.4, -0.2) is 9.97 Å².